The van der Waals surface area contributed by atoms with E-state index in [1.165, 1.54) is 13.3 Å². The lowest BCUT2D eigenvalue weighted by molar-refractivity contribution is -0.147. The number of rotatable bonds is 14. The minimum absolute atomic E-state index is 0.216. The first-order chi connectivity index (χ1) is 21.9. The molecule has 0 aliphatic carbocycles. The summed E-state index contributed by atoms with van der Waals surface area (Å²) >= 11 is 0. The molecule has 0 aromatic rings. The van der Waals surface area contributed by atoms with Crippen molar-refractivity contribution in [2.75, 3.05) is 72.6 Å². The third kappa shape index (κ3) is 16.4. The fraction of sp³-hybridized carbons (Fsp3) is 0.806. The molecular formula is C31H60N10O5. The third-order valence-corrected chi connectivity index (χ3v) is 7.58. The Hall–Kier alpha value is -3.14. The topological polar surface area (TPSA) is 204 Å². The largest absolute Gasteiger partial charge is 0.467 e. The van der Waals surface area contributed by atoms with Crippen molar-refractivity contribution in [3.8, 4) is 0 Å². The van der Waals surface area contributed by atoms with Crippen molar-refractivity contribution >= 4 is 35.6 Å². The van der Waals surface area contributed by atoms with Crippen molar-refractivity contribution in [3.63, 3.8) is 0 Å². The molecule has 8 N–H and O–H groups in total. The summed E-state index contributed by atoms with van der Waals surface area (Å²) in [4.78, 5) is 57.9. The summed E-state index contributed by atoms with van der Waals surface area (Å²) in [6, 6.07) is -2.70. The van der Waals surface area contributed by atoms with Crippen LogP contribution in [-0.2, 0) is 23.9 Å². The summed E-state index contributed by atoms with van der Waals surface area (Å²) in [5.41, 5.74) is 0.543. The van der Waals surface area contributed by atoms with Gasteiger partial charge in [-0.05, 0) is 56.8 Å². The highest BCUT2D eigenvalue weighted by Crippen LogP contribution is 2.09. The van der Waals surface area contributed by atoms with Crippen LogP contribution in [0.3, 0.4) is 0 Å². The Morgan fingerprint density at radius 1 is 0.761 bits per heavy atom. The molecule has 15 nitrogen and oxygen atoms in total. The number of hydrazone groups is 1. The van der Waals surface area contributed by atoms with Crippen LogP contribution in [0, 0.1) is 17.8 Å². The van der Waals surface area contributed by atoms with Gasteiger partial charge in [0.1, 0.15) is 24.7 Å². The Morgan fingerprint density at radius 2 is 1.28 bits per heavy atom. The van der Waals surface area contributed by atoms with E-state index in [1.807, 2.05) is 0 Å². The molecule has 1 heterocycles. The van der Waals surface area contributed by atoms with Crippen molar-refractivity contribution < 1.29 is 23.9 Å². The molecule has 1 rings (SSSR count). The molecule has 0 radical (unpaired) electrons. The van der Waals surface area contributed by atoms with Crippen molar-refractivity contribution in [2.45, 2.75) is 72.5 Å². The molecule has 1 fully saturated rings. The molecule has 1 saturated heterocycles. The van der Waals surface area contributed by atoms with Crippen LogP contribution in [0.5, 0.6) is 0 Å². The Balaban J connectivity index is 2.77. The minimum atomic E-state index is -0.930. The number of ether oxygens (including phenoxy) is 1. The number of esters is 1. The van der Waals surface area contributed by atoms with Gasteiger partial charge in [-0.3, -0.25) is 24.3 Å². The van der Waals surface area contributed by atoms with Crippen molar-refractivity contribution in [1.82, 2.24) is 36.8 Å². The molecule has 0 aromatic heterocycles. The molecule has 0 spiro atoms. The van der Waals surface area contributed by atoms with E-state index in [2.05, 4.69) is 46.9 Å². The molecule has 264 valence electrons. The van der Waals surface area contributed by atoms with Gasteiger partial charge < -0.3 is 42.5 Å². The van der Waals surface area contributed by atoms with Crippen LogP contribution in [0.15, 0.2) is 10.1 Å². The second-order valence-electron chi connectivity index (χ2n) is 12.6. The number of hydrogen-bond donors (Lipinski definition) is 7. The summed E-state index contributed by atoms with van der Waals surface area (Å²) in [6.45, 7) is 18.3. The predicted molar refractivity (Wildman–Crippen MR) is 182 cm³/mol. The van der Waals surface area contributed by atoms with Crippen LogP contribution in [0.1, 0.15) is 54.4 Å². The Bertz CT molecular complexity index is 975. The third-order valence-electron chi connectivity index (χ3n) is 7.58. The molecule has 15 heteroatoms. The maximum absolute atomic E-state index is 13.3. The van der Waals surface area contributed by atoms with Crippen LogP contribution >= 0.6 is 0 Å². The van der Waals surface area contributed by atoms with Crippen LogP contribution < -0.4 is 37.7 Å². The van der Waals surface area contributed by atoms with Crippen LogP contribution in [0.4, 0.5) is 0 Å². The summed E-state index contributed by atoms with van der Waals surface area (Å²) in [7, 11) is 1.26. The maximum Gasteiger partial charge on any atom is 0.328 e. The number of methoxy groups -OCH3 is 1. The van der Waals surface area contributed by atoms with Crippen molar-refractivity contribution in [2.24, 2.45) is 33.7 Å². The number of carbonyl (C=O) groups is 4. The van der Waals surface area contributed by atoms with E-state index in [4.69, 9.17) is 10.6 Å². The van der Waals surface area contributed by atoms with Gasteiger partial charge in [0.15, 0.2) is 0 Å². The summed E-state index contributed by atoms with van der Waals surface area (Å²) < 4.78 is 4.81. The van der Waals surface area contributed by atoms with Gasteiger partial charge in [0, 0.05) is 38.9 Å². The summed E-state index contributed by atoms with van der Waals surface area (Å²) in [5.74, 6) is 2.85. The van der Waals surface area contributed by atoms with Gasteiger partial charge in [0.25, 0.3) is 0 Å². The first kappa shape index (κ1) is 40.9. The van der Waals surface area contributed by atoms with Gasteiger partial charge in [-0.2, -0.15) is 5.10 Å². The van der Waals surface area contributed by atoms with Crippen LogP contribution in [-0.4, -0.2) is 131 Å². The number of hydrogen-bond acceptors (Lipinski definition) is 12. The molecule has 0 bridgehead atoms. The fourth-order valence-corrected chi connectivity index (χ4v) is 4.80. The molecular weight excluding hydrogens is 592 g/mol. The van der Waals surface area contributed by atoms with E-state index >= 15 is 0 Å². The maximum atomic E-state index is 13.3. The highest BCUT2D eigenvalue weighted by Gasteiger charge is 2.33. The quantitative estimate of drug-likeness (QED) is 0.0519. The van der Waals surface area contributed by atoms with Gasteiger partial charge >= 0.3 is 5.97 Å². The van der Waals surface area contributed by atoms with Crippen molar-refractivity contribution in [3.05, 3.63) is 0 Å². The molecule has 3 atom stereocenters. The smallest absolute Gasteiger partial charge is 0.328 e. The molecule has 3 amide bonds. The zero-order valence-corrected chi connectivity index (χ0v) is 29.0. The number of carbonyl (C=O) groups excluding carboxylic acids is 4. The van der Waals surface area contributed by atoms with E-state index in [0.717, 1.165) is 65.2 Å². The van der Waals surface area contributed by atoms with Crippen molar-refractivity contribution in [1.29, 1.82) is 0 Å². The van der Waals surface area contributed by atoms with Gasteiger partial charge in [0.05, 0.1) is 12.8 Å². The van der Waals surface area contributed by atoms with E-state index in [-0.39, 0.29) is 24.3 Å². The molecule has 1 aliphatic rings. The Kier molecular flexibility index (Phi) is 20.6. The SMILES string of the molecule is COC(=O)[C@@H](NC(=O)[C@@H](NC(=O)[C@@H](NC(=O)CN=CC(CN1CCCNCCNCCCNCC1)=NN)C(C)C)C(C)C)C(C)C. The van der Waals surface area contributed by atoms with E-state index < -0.39 is 41.8 Å². The average Bonchev–Trinajstić information content (AvgIpc) is 3.01. The molecule has 0 aromatic carbocycles. The standard InChI is InChI=1S/C31H60N10O5/c1-21(2)26(29(43)38-27(22(3)4)30(44)39-28(23(5)6)31(45)46-7)37-25(42)19-36-18-24(40-32)20-41-16-9-12-34-14-13-33-10-8-11-35-15-17-41/h18,21-23,26-28,33-35H,8-17,19-20,32H2,1-7H3,(H,37,42)(H,38,43)(H,39,44)/t26-,27-,28-/m0/s1. The predicted octanol–water partition coefficient (Wildman–Crippen LogP) is -1.17. The normalized spacial score (nSPS) is 18.5. The van der Waals surface area contributed by atoms with E-state index in [0.29, 0.717) is 12.3 Å². The first-order valence-corrected chi connectivity index (χ1v) is 16.5. The van der Waals surface area contributed by atoms with Gasteiger partial charge in [0.2, 0.25) is 17.7 Å². The number of amides is 3. The summed E-state index contributed by atoms with van der Waals surface area (Å²) in [6.07, 6.45) is 3.53. The second kappa shape index (κ2) is 23.2. The number of nitrogens with two attached hydrogens (primary N) is 1. The van der Waals surface area contributed by atoms with Gasteiger partial charge in [-0.1, -0.05) is 41.5 Å². The Morgan fingerprint density at radius 3 is 1.83 bits per heavy atom. The molecule has 1 aliphatic heterocycles. The Labute approximate surface area is 275 Å². The molecule has 0 unspecified atom stereocenters. The lowest BCUT2D eigenvalue weighted by Crippen LogP contribution is -2.59. The van der Waals surface area contributed by atoms with Crippen LogP contribution in [0.25, 0.3) is 0 Å². The highest BCUT2D eigenvalue weighted by molar-refractivity contribution is 6.31. The first-order valence-electron chi connectivity index (χ1n) is 16.5. The summed E-state index contributed by atoms with van der Waals surface area (Å²) in [5, 5.41) is 22.4. The van der Waals surface area contributed by atoms with Gasteiger partial charge in [-0.15, -0.1) is 0 Å². The molecule has 46 heavy (non-hydrogen) atoms. The lowest BCUT2D eigenvalue weighted by Gasteiger charge is -2.28. The number of nitrogens with one attached hydrogen (secondary N) is 6. The van der Waals surface area contributed by atoms with Crippen LogP contribution in [0.2, 0.25) is 0 Å². The highest BCUT2D eigenvalue weighted by atomic mass is 16.5. The zero-order chi connectivity index (χ0) is 34.5. The minimum Gasteiger partial charge on any atom is -0.467 e. The number of aliphatic imine (C=N–C) groups is 1. The van der Waals surface area contributed by atoms with E-state index in [1.54, 1.807) is 41.5 Å². The second-order valence-corrected chi connectivity index (χ2v) is 12.6. The number of nitrogens with zero attached hydrogens (tertiary/aromatic N) is 3. The van der Waals surface area contributed by atoms with Gasteiger partial charge in [-0.25, -0.2) is 4.79 Å². The van der Waals surface area contributed by atoms with E-state index in [9.17, 15) is 19.2 Å². The average molecular weight is 653 g/mol. The fourth-order valence-electron chi connectivity index (χ4n) is 4.80. The molecule has 0 saturated carbocycles. The monoisotopic (exact) mass is 652 g/mol. The zero-order valence-electron chi connectivity index (χ0n) is 29.0. The lowest BCUT2D eigenvalue weighted by atomic mass is 9.98.